The molecule has 0 aliphatic heterocycles. The normalized spacial score (nSPS) is 9.73. The molecule has 0 atom stereocenters. The van der Waals surface area contributed by atoms with Gasteiger partial charge in [-0.15, -0.1) is 0 Å². The van der Waals surface area contributed by atoms with Crippen LogP contribution in [-0.2, 0) is 0 Å². The van der Waals surface area contributed by atoms with E-state index in [4.69, 9.17) is 28.3 Å². The van der Waals surface area contributed by atoms with Crippen molar-refractivity contribution < 1.29 is 5.11 Å². The number of phenolic OH excluding ortho intramolecular Hbond substituents is 1. The largest absolute Gasteiger partial charge is 0.505 e. The highest BCUT2D eigenvalue weighted by Crippen LogP contribution is 2.29. The quantitative estimate of drug-likeness (QED) is 0.668. The van der Waals surface area contributed by atoms with Crippen molar-refractivity contribution in [2.75, 3.05) is 0 Å². The Morgan fingerprint density at radius 2 is 1.73 bits per heavy atom. The van der Waals surface area contributed by atoms with Gasteiger partial charge < -0.3 is 5.11 Å². The zero-order valence-electron chi connectivity index (χ0n) is 5.94. The summed E-state index contributed by atoms with van der Waals surface area (Å²) >= 11 is 11.3. The average molecular weight is 188 g/mol. The zero-order valence-corrected chi connectivity index (χ0v) is 7.45. The molecule has 1 radical (unpaired) electrons. The number of rotatable bonds is 1. The van der Waals surface area contributed by atoms with Crippen LogP contribution in [0.15, 0.2) is 12.1 Å². The highest BCUT2D eigenvalue weighted by atomic mass is 35.5. The number of hydrogen-bond acceptors (Lipinski definition) is 1. The smallest absolute Gasteiger partial charge is 0.152 e. The minimum atomic E-state index is -0.0565. The van der Waals surface area contributed by atoms with E-state index in [2.05, 4.69) is 0 Å². The maximum Gasteiger partial charge on any atom is 0.152 e. The lowest BCUT2D eigenvalue weighted by Crippen LogP contribution is -2.09. The third kappa shape index (κ3) is 1.82. The van der Waals surface area contributed by atoms with Gasteiger partial charge in [0.1, 0.15) is 7.28 Å². The maximum absolute atomic E-state index is 9.15. The Labute approximate surface area is 76.2 Å². The molecule has 0 amide bonds. The van der Waals surface area contributed by atoms with E-state index < -0.39 is 0 Å². The van der Waals surface area contributed by atoms with Crippen LogP contribution >= 0.6 is 23.2 Å². The molecule has 0 saturated heterocycles. The molecule has 1 rings (SSSR count). The summed E-state index contributed by atoms with van der Waals surface area (Å²) in [5.74, 6) is -0.0565. The van der Waals surface area contributed by atoms with Gasteiger partial charge in [-0.1, -0.05) is 35.5 Å². The van der Waals surface area contributed by atoms with E-state index in [0.717, 1.165) is 5.46 Å². The summed E-state index contributed by atoms with van der Waals surface area (Å²) in [4.78, 5) is 0. The van der Waals surface area contributed by atoms with Crippen LogP contribution in [0.5, 0.6) is 5.75 Å². The molecule has 0 unspecified atom stereocenters. The van der Waals surface area contributed by atoms with Crippen LogP contribution in [0.3, 0.4) is 0 Å². The van der Waals surface area contributed by atoms with Crippen molar-refractivity contribution in [3.8, 4) is 5.75 Å². The van der Waals surface area contributed by atoms with Crippen molar-refractivity contribution in [1.82, 2.24) is 0 Å². The third-order valence-corrected chi connectivity index (χ3v) is 1.95. The van der Waals surface area contributed by atoms with Crippen molar-refractivity contribution in [3.05, 3.63) is 22.2 Å². The SMILES string of the molecule is C[B]c1cc(Cl)c(O)c(Cl)c1. The molecule has 0 aromatic heterocycles. The molecule has 0 heterocycles. The Morgan fingerprint density at radius 1 is 1.27 bits per heavy atom. The van der Waals surface area contributed by atoms with Crippen LogP contribution in [0.1, 0.15) is 0 Å². The summed E-state index contributed by atoms with van der Waals surface area (Å²) in [6, 6.07) is 3.31. The van der Waals surface area contributed by atoms with Crippen LogP contribution in [0.25, 0.3) is 0 Å². The number of hydrogen-bond donors (Lipinski definition) is 1. The van der Waals surface area contributed by atoms with Crippen LogP contribution in [0.4, 0.5) is 0 Å². The number of benzene rings is 1. The van der Waals surface area contributed by atoms with Gasteiger partial charge in [-0.05, 0) is 12.1 Å². The Kier molecular flexibility index (Phi) is 2.69. The van der Waals surface area contributed by atoms with E-state index in [1.54, 1.807) is 12.1 Å². The van der Waals surface area contributed by atoms with Crippen molar-refractivity contribution in [3.63, 3.8) is 0 Å². The topological polar surface area (TPSA) is 20.2 Å². The second kappa shape index (κ2) is 3.37. The van der Waals surface area contributed by atoms with Gasteiger partial charge in [0.05, 0.1) is 10.0 Å². The molecule has 1 aromatic rings. The van der Waals surface area contributed by atoms with E-state index in [1.165, 1.54) is 0 Å². The van der Waals surface area contributed by atoms with E-state index in [9.17, 15) is 0 Å². The van der Waals surface area contributed by atoms with Gasteiger partial charge in [0, 0.05) is 0 Å². The van der Waals surface area contributed by atoms with Crippen molar-refractivity contribution in [2.24, 2.45) is 0 Å². The fraction of sp³-hybridized carbons (Fsp3) is 0.143. The molecule has 1 nitrogen and oxygen atoms in total. The number of aromatic hydroxyl groups is 1. The summed E-state index contributed by atoms with van der Waals surface area (Å²) in [5.41, 5.74) is 0.901. The maximum atomic E-state index is 9.15. The van der Waals surface area contributed by atoms with Crippen molar-refractivity contribution in [2.45, 2.75) is 6.82 Å². The summed E-state index contributed by atoms with van der Waals surface area (Å²) in [7, 11) is 1.86. The number of phenols is 1. The van der Waals surface area contributed by atoms with Crippen molar-refractivity contribution in [1.29, 1.82) is 0 Å². The molecule has 11 heavy (non-hydrogen) atoms. The Hall–Kier alpha value is -0.335. The van der Waals surface area contributed by atoms with E-state index in [0.29, 0.717) is 0 Å². The summed E-state index contributed by atoms with van der Waals surface area (Å²) < 4.78 is 0. The zero-order chi connectivity index (χ0) is 8.43. The van der Waals surface area contributed by atoms with Gasteiger partial charge in [-0.2, -0.15) is 0 Å². The predicted octanol–water partition coefficient (Wildman–Crippen LogP) is 2.08. The fourth-order valence-electron chi connectivity index (χ4n) is 0.752. The molecular formula is C7H6BCl2O. The second-order valence-corrected chi connectivity index (χ2v) is 2.94. The van der Waals surface area contributed by atoms with Gasteiger partial charge in [-0.3, -0.25) is 0 Å². The van der Waals surface area contributed by atoms with Crippen LogP contribution in [0.2, 0.25) is 16.9 Å². The van der Waals surface area contributed by atoms with Gasteiger partial charge in [-0.25, -0.2) is 0 Å². The lowest BCUT2D eigenvalue weighted by Gasteiger charge is -2.01. The van der Waals surface area contributed by atoms with Crippen LogP contribution < -0.4 is 5.46 Å². The van der Waals surface area contributed by atoms with Gasteiger partial charge in [0.15, 0.2) is 5.75 Å². The van der Waals surface area contributed by atoms with Gasteiger partial charge in [0.25, 0.3) is 0 Å². The Morgan fingerprint density at radius 3 is 2.09 bits per heavy atom. The first-order valence-corrected chi connectivity index (χ1v) is 3.88. The van der Waals surface area contributed by atoms with Gasteiger partial charge in [0.2, 0.25) is 0 Å². The summed E-state index contributed by atoms with van der Waals surface area (Å²) in [5, 5.41) is 9.71. The first kappa shape index (κ1) is 8.76. The molecule has 1 N–H and O–H groups in total. The monoisotopic (exact) mass is 187 g/mol. The highest BCUT2D eigenvalue weighted by molar-refractivity contribution is 6.53. The lowest BCUT2D eigenvalue weighted by atomic mass is 9.73. The molecule has 0 fully saturated rings. The van der Waals surface area contributed by atoms with Crippen LogP contribution in [-0.4, -0.2) is 12.4 Å². The summed E-state index contributed by atoms with van der Waals surface area (Å²) in [6.07, 6.45) is 0. The minimum absolute atomic E-state index is 0.0565. The molecule has 4 heteroatoms. The Balaban J connectivity index is 3.21. The molecule has 57 valence electrons. The third-order valence-electron chi connectivity index (χ3n) is 1.37. The lowest BCUT2D eigenvalue weighted by molar-refractivity contribution is 0.476. The van der Waals surface area contributed by atoms with Crippen molar-refractivity contribution >= 4 is 35.9 Å². The molecule has 1 aromatic carbocycles. The molecule has 0 aliphatic rings. The van der Waals surface area contributed by atoms with E-state index in [1.807, 2.05) is 14.1 Å². The number of halogens is 2. The fourth-order valence-corrected chi connectivity index (χ4v) is 1.26. The molecule has 0 saturated carbocycles. The molecule has 0 spiro atoms. The molecular weight excluding hydrogens is 182 g/mol. The first-order valence-electron chi connectivity index (χ1n) is 3.12. The minimum Gasteiger partial charge on any atom is -0.505 e. The predicted molar refractivity (Wildman–Crippen MR) is 49.4 cm³/mol. The highest BCUT2D eigenvalue weighted by Gasteiger charge is 2.04. The molecule has 0 aliphatic carbocycles. The van der Waals surface area contributed by atoms with E-state index >= 15 is 0 Å². The van der Waals surface area contributed by atoms with Gasteiger partial charge >= 0.3 is 0 Å². The standard InChI is InChI=1S/C7H6BCl2O/c1-8-4-2-5(9)7(11)6(10)3-4/h2-3,11H,1H3. The van der Waals surface area contributed by atoms with E-state index in [-0.39, 0.29) is 15.8 Å². The molecule has 0 bridgehead atoms. The second-order valence-electron chi connectivity index (χ2n) is 2.12. The average Bonchev–Trinajstić information content (AvgIpc) is 1.99. The summed E-state index contributed by atoms with van der Waals surface area (Å²) in [6.45, 7) is 1.87. The van der Waals surface area contributed by atoms with Crippen LogP contribution in [0, 0.1) is 0 Å². The Bertz CT molecular complexity index is 252. The first-order chi connectivity index (χ1) is 5.15.